The summed E-state index contributed by atoms with van der Waals surface area (Å²) in [6.45, 7) is 0. The molecule has 0 radical (unpaired) electrons. The molecule has 0 fully saturated rings. The minimum absolute atomic E-state index is 0.827. The number of nitrogens with zero attached hydrogens (tertiary/aromatic N) is 1. The van der Waals surface area contributed by atoms with Gasteiger partial charge in [0.2, 0.25) is 0 Å². The molecule has 0 amide bonds. The molecule has 2 aromatic rings. The minimum atomic E-state index is 0.827. The van der Waals surface area contributed by atoms with Crippen molar-refractivity contribution in [3.8, 4) is 17.6 Å². The molecule has 0 saturated heterocycles. The molecule has 0 aliphatic carbocycles. The van der Waals surface area contributed by atoms with Crippen molar-refractivity contribution in [2.24, 2.45) is 4.99 Å². The first-order chi connectivity index (χ1) is 8.38. The van der Waals surface area contributed by atoms with Crippen LogP contribution in [0.4, 0.5) is 5.69 Å². The van der Waals surface area contributed by atoms with Gasteiger partial charge in [-0.15, -0.1) is 11.3 Å². The monoisotopic (exact) mass is 241 g/mol. The number of thiophene rings is 1. The Bertz CT molecular complexity index is 544. The van der Waals surface area contributed by atoms with E-state index in [9.17, 15) is 0 Å². The largest absolute Gasteiger partial charge is 0.497 e. The van der Waals surface area contributed by atoms with E-state index in [-0.39, 0.29) is 0 Å². The third-order valence-corrected chi connectivity index (χ3v) is 2.85. The van der Waals surface area contributed by atoms with E-state index in [4.69, 9.17) is 4.74 Å². The summed E-state index contributed by atoms with van der Waals surface area (Å²) in [4.78, 5) is 5.28. The highest BCUT2D eigenvalue weighted by molar-refractivity contribution is 7.10. The Hall–Kier alpha value is -2.05. The predicted molar refractivity (Wildman–Crippen MR) is 72.3 cm³/mol. The van der Waals surface area contributed by atoms with Gasteiger partial charge in [-0.3, -0.25) is 0 Å². The molecule has 1 heterocycles. The van der Waals surface area contributed by atoms with Crippen LogP contribution in [0.1, 0.15) is 4.88 Å². The minimum Gasteiger partial charge on any atom is -0.497 e. The summed E-state index contributed by atoms with van der Waals surface area (Å²) in [7, 11) is 1.64. The molecular formula is C14H11NOS. The molecule has 0 unspecified atom stereocenters. The van der Waals surface area contributed by atoms with Gasteiger partial charge in [-0.2, -0.15) is 0 Å². The molecular weight excluding hydrogens is 230 g/mol. The lowest BCUT2D eigenvalue weighted by molar-refractivity contribution is 0.415. The molecule has 3 heteroatoms. The van der Waals surface area contributed by atoms with Crippen molar-refractivity contribution in [3.05, 3.63) is 46.7 Å². The number of methoxy groups -OCH3 is 1. The van der Waals surface area contributed by atoms with Gasteiger partial charge in [-0.25, -0.2) is 4.99 Å². The van der Waals surface area contributed by atoms with Crippen LogP contribution >= 0.6 is 11.3 Å². The van der Waals surface area contributed by atoms with Crippen LogP contribution in [0.15, 0.2) is 46.8 Å². The second-order valence-electron chi connectivity index (χ2n) is 3.20. The van der Waals surface area contributed by atoms with E-state index in [1.54, 1.807) is 24.7 Å². The normalized spacial score (nSPS) is 9.94. The number of hydrogen-bond acceptors (Lipinski definition) is 3. The molecule has 0 bridgehead atoms. The summed E-state index contributed by atoms with van der Waals surface area (Å²) in [6.07, 6.45) is 1.61. The number of benzene rings is 1. The van der Waals surface area contributed by atoms with E-state index in [2.05, 4.69) is 16.8 Å². The highest BCUT2D eigenvalue weighted by Crippen LogP contribution is 2.16. The zero-order valence-electron chi connectivity index (χ0n) is 9.38. The lowest BCUT2D eigenvalue weighted by Gasteiger charge is -1.97. The first kappa shape index (κ1) is 11.4. The Kier molecular flexibility index (Phi) is 3.95. The number of hydrogen-bond donors (Lipinski definition) is 0. The van der Waals surface area contributed by atoms with E-state index >= 15 is 0 Å². The predicted octanol–water partition coefficient (Wildman–Crippen LogP) is 3.51. The van der Waals surface area contributed by atoms with Gasteiger partial charge < -0.3 is 4.74 Å². The van der Waals surface area contributed by atoms with Gasteiger partial charge in [-0.1, -0.05) is 6.07 Å². The van der Waals surface area contributed by atoms with Crippen LogP contribution in [0.5, 0.6) is 5.75 Å². The third kappa shape index (κ3) is 3.47. The fourth-order valence-corrected chi connectivity index (χ4v) is 1.81. The summed E-state index contributed by atoms with van der Waals surface area (Å²) in [5.41, 5.74) is 0.867. The van der Waals surface area contributed by atoms with Gasteiger partial charge in [0.15, 0.2) is 0 Å². The fourth-order valence-electron chi connectivity index (χ4n) is 1.23. The van der Waals surface area contributed by atoms with Crippen molar-refractivity contribution >= 4 is 23.2 Å². The second-order valence-corrected chi connectivity index (χ2v) is 4.15. The van der Waals surface area contributed by atoms with Crippen molar-refractivity contribution in [2.45, 2.75) is 0 Å². The molecule has 1 aromatic carbocycles. The van der Waals surface area contributed by atoms with Gasteiger partial charge >= 0.3 is 0 Å². The van der Waals surface area contributed by atoms with E-state index in [0.29, 0.717) is 0 Å². The highest BCUT2D eigenvalue weighted by Gasteiger charge is 1.89. The maximum Gasteiger partial charge on any atom is 0.119 e. The molecule has 0 saturated carbocycles. The van der Waals surface area contributed by atoms with Crippen LogP contribution in [0.3, 0.4) is 0 Å². The molecule has 2 rings (SSSR count). The zero-order chi connectivity index (χ0) is 11.9. The van der Waals surface area contributed by atoms with Gasteiger partial charge in [0.05, 0.1) is 23.9 Å². The summed E-state index contributed by atoms with van der Waals surface area (Å²) in [5.74, 6) is 6.74. The molecule has 1 aromatic heterocycles. The lowest BCUT2D eigenvalue weighted by atomic mass is 10.3. The van der Waals surface area contributed by atoms with Crippen LogP contribution in [-0.4, -0.2) is 13.3 Å². The van der Waals surface area contributed by atoms with Crippen LogP contribution in [0, 0.1) is 11.8 Å². The maximum absolute atomic E-state index is 5.07. The Labute approximate surface area is 105 Å². The SMILES string of the molecule is COc1ccc(N=CC#Cc2cccs2)cc1. The summed E-state index contributed by atoms with van der Waals surface area (Å²) < 4.78 is 5.07. The van der Waals surface area contributed by atoms with Crippen molar-refractivity contribution in [3.63, 3.8) is 0 Å². The zero-order valence-corrected chi connectivity index (χ0v) is 10.2. The summed E-state index contributed by atoms with van der Waals surface area (Å²) in [6, 6.07) is 11.5. The third-order valence-electron chi connectivity index (χ3n) is 2.07. The van der Waals surface area contributed by atoms with Gasteiger partial charge in [0, 0.05) is 0 Å². The Morgan fingerprint density at radius 2 is 2.06 bits per heavy atom. The van der Waals surface area contributed by atoms with Crippen molar-refractivity contribution in [1.82, 2.24) is 0 Å². The molecule has 17 heavy (non-hydrogen) atoms. The second kappa shape index (κ2) is 5.88. The first-order valence-electron chi connectivity index (χ1n) is 5.10. The van der Waals surface area contributed by atoms with Gasteiger partial charge in [0.1, 0.15) is 5.75 Å². The quantitative estimate of drug-likeness (QED) is 0.582. The topological polar surface area (TPSA) is 21.6 Å². The molecule has 0 aliphatic heterocycles. The van der Waals surface area contributed by atoms with Crippen molar-refractivity contribution in [1.29, 1.82) is 0 Å². The van der Waals surface area contributed by atoms with E-state index in [1.165, 1.54) is 0 Å². The van der Waals surface area contributed by atoms with Gasteiger partial charge in [-0.05, 0) is 47.6 Å². The smallest absolute Gasteiger partial charge is 0.119 e. The number of rotatable bonds is 2. The van der Waals surface area contributed by atoms with Crippen LogP contribution < -0.4 is 4.74 Å². The van der Waals surface area contributed by atoms with Crippen molar-refractivity contribution < 1.29 is 4.74 Å². The molecule has 84 valence electrons. The molecule has 0 aliphatic rings. The van der Waals surface area contributed by atoms with E-state index < -0.39 is 0 Å². The Balaban J connectivity index is 2.00. The van der Waals surface area contributed by atoms with E-state index in [0.717, 1.165) is 16.3 Å². The summed E-state index contributed by atoms with van der Waals surface area (Å²) >= 11 is 1.62. The maximum atomic E-state index is 5.07. The van der Waals surface area contributed by atoms with Gasteiger partial charge in [0.25, 0.3) is 0 Å². The summed E-state index contributed by atoms with van der Waals surface area (Å²) in [5, 5.41) is 2.00. The van der Waals surface area contributed by atoms with Crippen LogP contribution in [-0.2, 0) is 0 Å². The highest BCUT2D eigenvalue weighted by atomic mass is 32.1. The standard InChI is InChI=1S/C14H11NOS/c1-16-13-8-6-12(7-9-13)15-10-2-4-14-5-3-11-17-14/h3,5-11H,1H3. The molecule has 0 atom stereocenters. The Morgan fingerprint density at radius 3 is 2.71 bits per heavy atom. The average molecular weight is 241 g/mol. The van der Waals surface area contributed by atoms with Crippen LogP contribution in [0.2, 0.25) is 0 Å². The fraction of sp³-hybridized carbons (Fsp3) is 0.0714. The number of aliphatic imine (C=N–C) groups is 1. The lowest BCUT2D eigenvalue weighted by Crippen LogP contribution is -1.79. The van der Waals surface area contributed by atoms with Crippen LogP contribution in [0.25, 0.3) is 0 Å². The van der Waals surface area contributed by atoms with E-state index in [1.807, 2.05) is 41.8 Å². The average Bonchev–Trinajstić information content (AvgIpc) is 2.88. The first-order valence-corrected chi connectivity index (χ1v) is 5.98. The Morgan fingerprint density at radius 1 is 1.24 bits per heavy atom. The molecule has 0 N–H and O–H groups in total. The molecule has 0 spiro atoms. The number of ether oxygens (including phenoxy) is 1. The van der Waals surface area contributed by atoms with Crippen molar-refractivity contribution in [2.75, 3.05) is 7.11 Å². The molecule has 2 nitrogen and oxygen atoms in total.